The number of benzene rings is 1. The van der Waals surface area contributed by atoms with E-state index in [1.807, 2.05) is 0 Å². The molecule has 1 heterocycles. The van der Waals surface area contributed by atoms with Gasteiger partial charge in [-0.05, 0) is 19.1 Å². The van der Waals surface area contributed by atoms with E-state index in [-0.39, 0.29) is 17.9 Å². The van der Waals surface area contributed by atoms with Gasteiger partial charge in [-0.1, -0.05) is 11.2 Å². The van der Waals surface area contributed by atoms with E-state index in [0.29, 0.717) is 5.39 Å². The number of hydrogen-bond donors (Lipinski definition) is 0. The Hall–Kier alpha value is -1.91. The number of nitrogens with zero attached hydrogens (tertiary/aromatic N) is 1. The van der Waals surface area contributed by atoms with Crippen LogP contribution in [0.2, 0.25) is 0 Å². The van der Waals surface area contributed by atoms with Gasteiger partial charge >= 0.3 is 5.97 Å². The number of rotatable bonds is 2. The van der Waals surface area contributed by atoms with Crippen LogP contribution in [0.5, 0.6) is 0 Å². The molecule has 0 saturated heterocycles. The van der Waals surface area contributed by atoms with E-state index in [1.54, 1.807) is 13.0 Å². The SMILES string of the molecule is CCOC(=O)c1onc2c(F)cccc12. The summed E-state index contributed by atoms with van der Waals surface area (Å²) in [7, 11) is 0. The van der Waals surface area contributed by atoms with E-state index in [2.05, 4.69) is 5.16 Å². The first kappa shape index (κ1) is 9.64. The average molecular weight is 209 g/mol. The number of ether oxygens (including phenoxy) is 1. The van der Waals surface area contributed by atoms with Gasteiger partial charge in [-0.15, -0.1) is 0 Å². The van der Waals surface area contributed by atoms with Crippen LogP contribution in [0, 0.1) is 5.82 Å². The largest absolute Gasteiger partial charge is 0.460 e. The molecule has 0 atom stereocenters. The minimum Gasteiger partial charge on any atom is -0.460 e. The second kappa shape index (κ2) is 3.68. The molecule has 0 spiro atoms. The van der Waals surface area contributed by atoms with Crippen molar-refractivity contribution in [2.45, 2.75) is 6.92 Å². The maximum absolute atomic E-state index is 13.2. The normalized spacial score (nSPS) is 10.5. The van der Waals surface area contributed by atoms with E-state index >= 15 is 0 Å². The Kier molecular flexibility index (Phi) is 2.37. The minimum absolute atomic E-state index is 0.0422. The Morgan fingerprint density at radius 3 is 3.13 bits per heavy atom. The van der Waals surface area contributed by atoms with Crippen LogP contribution in [-0.2, 0) is 4.74 Å². The zero-order valence-corrected chi connectivity index (χ0v) is 7.99. The molecule has 0 unspecified atom stereocenters. The van der Waals surface area contributed by atoms with Gasteiger partial charge < -0.3 is 9.26 Å². The smallest absolute Gasteiger partial charge is 0.377 e. The number of fused-ring (bicyclic) bond motifs is 1. The molecule has 78 valence electrons. The van der Waals surface area contributed by atoms with E-state index < -0.39 is 11.8 Å². The molecule has 0 saturated carbocycles. The fraction of sp³-hybridized carbons (Fsp3) is 0.200. The van der Waals surface area contributed by atoms with Gasteiger partial charge in [-0.3, -0.25) is 0 Å². The predicted molar refractivity (Wildman–Crippen MR) is 49.9 cm³/mol. The summed E-state index contributed by atoms with van der Waals surface area (Å²) in [5.41, 5.74) is 0.0422. The lowest BCUT2D eigenvalue weighted by molar-refractivity contribution is 0.0483. The molecule has 0 aliphatic heterocycles. The first-order chi connectivity index (χ1) is 7.24. The molecule has 1 aromatic heterocycles. The first-order valence-corrected chi connectivity index (χ1v) is 4.45. The highest BCUT2D eigenvalue weighted by atomic mass is 19.1. The van der Waals surface area contributed by atoms with Crippen molar-refractivity contribution in [3.63, 3.8) is 0 Å². The average Bonchev–Trinajstić information content (AvgIpc) is 2.63. The van der Waals surface area contributed by atoms with Gasteiger partial charge in [-0.2, -0.15) is 0 Å². The molecule has 0 N–H and O–H groups in total. The van der Waals surface area contributed by atoms with Crippen molar-refractivity contribution < 1.29 is 18.4 Å². The van der Waals surface area contributed by atoms with Crippen molar-refractivity contribution in [2.24, 2.45) is 0 Å². The lowest BCUT2D eigenvalue weighted by Crippen LogP contribution is -2.03. The summed E-state index contributed by atoms with van der Waals surface area (Å²) in [5.74, 6) is -1.22. The second-order valence-electron chi connectivity index (χ2n) is 2.87. The van der Waals surface area contributed by atoms with Crippen LogP contribution in [0.4, 0.5) is 4.39 Å². The van der Waals surface area contributed by atoms with Gasteiger partial charge in [0.1, 0.15) is 5.52 Å². The number of carbonyl (C=O) groups is 1. The van der Waals surface area contributed by atoms with Gasteiger partial charge in [0.25, 0.3) is 5.76 Å². The van der Waals surface area contributed by atoms with Gasteiger partial charge in [0, 0.05) is 0 Å². The van der Waals surface area contributed by atoms with E-state index in [4.69, 9.17) is 9.26 Å². The Balaban J connectivity index is 2.54. The summed E-state index contributed by atoms with van der Waals surface area (Å²) < 4.78 is 22.7. The highest BCUT2D eigenvalue weighted by Crippen LogP contribution is 2.21. The standard InChI is InChI=1S/C10H8FNO3/c1-2-14-10(13)9-6-4-3-5-7(11)8(6)12-15-9/h3-5H,2H2,1H3. The van der Waals surface area contributed by atoms with Crippen LogP contribution in [0.25, 0.3) is 10.9 Å². The minimum atomic E-state index is -0.634. The predicted octanol–water partition coefficient (Wildman–Crippen LogP) is 2.14. The van der Waals surface area contributed by atoms with Gasteiger partial charge in [-0.25, -0.2) is 9.18 Å². The fourth-order valence-electron chi connectivity index (χ4n) is 1.28. The van der Waals surface area contributed by atoms with Crippen molar-refractivity contribution in [3.05, 3.63) is 29.8 Å². The highest BCUT2D eigenvalue weighted by Gasteiger charge is 2.19. The number of carbonyl (C=O) groups excluding carboxylic acids is 1. The number of hydrogen-bond acceptors (Lipinski definition) is 4. The van der Waals surface area contributed by atoms with Gasteiger partial charge in [0.2, 0.25) is 0 Å². The number of halogens is 1. The van der Waals surface area contributed by atoms with E-state index in [0.717, 1.165) is 0 Å². The summed E-state index contributed by atoms with van der Waals surface area (Å²) in [6.07, 6.45) is 0. The first-order valence-electron chi connectivity index (χ1n) is 4.45. The van der Waals surface area contributed by atoms with Gasteiger partial charge in [0.15, 0.2) is 5.82 Å². The zero-order valence-electron chi connectivity index (χ0n) is 7.99. The van der Waals surface area contributed by atoms with Crippen LogP contribution >= 0.6 is 0 Å². The Labute approximate surface area is 84.6 Å². The molecule has 0 aliphatic rings. The summed E-state index contributed by atoms with van der Waals surface area (Å²) in [5, 5.41) is 3.80. The molecule has 1 aromatic carbocycles. The molecule has 0 aliphatic carbocycles. The van der Waals surface area contributed by atoms with Crippen molar-refractivity contribution in [1.82, 2.24) is 5.16 Å². The summed E-state index contributed by atoms with van der Waals surface area (Å²) >= 11 is 0. The van der Waals surface area contributed by atoms with Crippen molar-refractivity contribution in [2.75, 3.05) is 6.61 Å². The molecule has 5 heteroatoms. The third-order valence-corrected chi connectivity index (χ3v) is 1.92. The molecular weight excluding hydrogens is 201 g/mol. The van der Waals surface area contributed by atoms with Crippen LogP contribution in [-0.4, -0.2) is 17.7 Å². The third-order valence-electron chi connectivity index (χ3n) is 1.92. The maximum Gasteiger partial charge on any atom is 0.377 e. The maximum atomic E-state index is 13.2. The molecule has 0 radical (unpaired) electrons. The molecule has 2 rings (SSSR count). The van der Waals surface area contributed by atoms with Crippen molar-refractivity contribution in [3.8, 4) is 0 Å². The molecule has 0 amide bonds. The summed E-state index contributed by atoms with van der Waals surface area (Å²) in [6, 6.07) is 4.29. The zero-order chi connectivity index (χ0) is 10.8. The third kappa shape index (κ3) is 1.56. The summed E-state index contributed by atoms with van der Waals surface area (Å²) in [6.45, 7) is 1.91. The Morgan fingerprint density at radius 2 is 2.40 bits per heavy atom. The van der Waals surface area contributed by atoms with Gasteiger partial charge in [0.05, 0.1) is 12.0 Å². The van der Waals surface area contributed by atoms with Crippen molar-refractivity contribution in [1.29, 1.82) is 0 Å². The Bertz CT molecular complexity index is 506. The molecule has 4 nitrogen and oxygen atoms in total. The topological polar surface area (TPSA) is 52.3 Å². The van der Waals surface area contributed by atoms with Crippen LogP contribution in [0.3, 0.4) is 0 Å². The lowest BCUT2D eigenvalue weighted by Gasteiger charge is -1.96. The monoisotopic (exact) mass is 209 g/mol. The Morgan fingerprint density at radius 1 is 1.60 bits per heavy atom. The van der Waals surface area contributed by atoms with E-state index in [9.17, 15) is 9.18 Å². The highest BCUT2D eigenvalue weighted by molar-refractivity contribution is 6.00. The number of esters is 1. The van der Waals surface area contributed by atoms with Crippen LogP contribution in [0.15, 0.2) is 22.7 Å². The summed E-state index contributed by atoms with van der Waals surface area (Å²) in [4.78, 5) is 11.4. The number of aromatic nitrogens is 1. The van der Waals surface area contributed by atoms with E-state index in [1.165, 1.54) is 12.1 Å². The van der Waals surface area contributed by atoms with Crippen molar-refractivity contribution >= 4 is 16.9 Å². The second-order valence-corrected chi connectivity index (χ2v) is 2.87. The lowest BCUT2D eigenvalue weighted by atomic mass is 10.2. The molecular formula is C10H8FNO3. The fourth-order valence-corrected chi connectivity index (χ4v) is 1.28. The molecule has 0 bridgehead atoms. The molecule has 15 heavy (non-hydrogen) atoms. The van der Waals surface area contributed by atoms with Crippen LogP contribution in [0.1, 0.15) is 17.5 Å². The molecule has 0 fully saturated rings. The van der Waals surface area contributed by atoms with Crippen LogP contribution < -0.4 is 0 Å². The molecule has 2 aromatic rings. The quantitative estimate of drug-likeness (QED) is 0.711.